The Kier molecular flexibility index (Phi) is 10.9. The minimum Gasteiger partial charge on any atom is -0.507 e. The van der Waals surface area contributed by atoms with Crippen molar-refractivity contribution in [3.63, 3.8) is 0 Å². The fourth-order valence-corrected chi connectivity index (χ4v) is 9.60. The minimum absolute atomic E-state index is 0.0136. The molecule has 0 radical (unpaired) electrons. The van der Waals surface area contributed by atoms with Gasteiger partial charge in [-0.1, -0.05) is 12.1 Å². The number of phenols is 6. The number of hydrogen-bond acceptors (Lipinski definition) is 11. The number of carbonyl (C=O) groups is 1. The van der Waals surface area contributed by atoms with Crippen LogP contribution in [0.15, 0.2) is 48.5 Å². The van der Waals surface area contributed by atoms with Crippen LogP contribution in [0.1, 0.15) is 80.1 Å². The van der Waals surface area contributed by atoms with Crippen LogP contribution in [0, 0.1) is 13.8 Å². The zero-order chi connectivity index (χ0) is 43.6. The average molecular weight is 817 g/mol. The van der Waals surface area contributed by atoms with E-state index in [-0.39, 0.29) is 69.8 Å². The van der Waals surface area contributed by atoms with Crippen molar-refractivity contribution in [1.29, 1.82) is 0 Å². The molecule has 8 rings (SSSR count). The Morgan fingerprint density at radius 2 is 0.917 bits per heavy atom. The van der Waals surface area contributed by atoms with Crippen LogP contribution in [0.25, 0.3) is 54.9 Å². The molecule has 60 heavy (non-hydrogen) atoms. The van der Waals surface area contributed by atoms with Gasteiger partial charge in [0.2, 0.25) is 0 Å². The van der Waals surface area contributed by atoms with E-state index in [2.05, 4.69) is 24.5 Å². The molecule has 6 aromatic carbocycles. The molecular weight excluding hydrogens is 765 g/mol. The van der Waals surface area contributed by atoms with Crippen LogP contribution in [0.2, 0.25) is 0 Å². The van der Waals surface area contributed by atoms with Gasteiger partial charge in [0, 0.05) is 76.6 Å². The summed E-state index contributed by atoms with van der Waals surface area (Å²) in [5.41, 5.74) is 7.27. The topological polar surface area (TPSA) is 201 Å². The summed E-state index contributed by atoms with van der Waals surface area (Å²) >= 11 is 0. The highest BCUT2D eigenvalue weighted by molar-refractivity contribution is 6.13. The third-order valence-electron chi connectivity index (χ3n) is 11.7. The molecule has 0 amide bonds. The molecule has 0 saturated heterocycles. The first-order valence-electron chi connectivity index (χ1n) is 19.9. The van der Waals surface area contributed by atoms with Crippen molar-refractivity contribution in [1.82, 2.24) is 10.6 Å². The monoisotopic (exact) mass is 816 g/mol. The lowest BCUT2D eigenvalue weighted by atomic mass is 9.80. The first-order chi connectivity index (χ1) is 28.4. The minimum atomic E-state index is -0.833. The van der Waals surface area contributed by atoms with Crippen molar-refractivity contribution < 1.29 is 50.0 Å². The van der Waals surface area contributed by atoms with Crippen molar-refractivity contribution in [3.8, 4) is 79.4 Å². The molecule has 6 aromatic rings. The molecule has 0 aliphatic carbocycles. The lowest BCUT2D eigenvalue weighted by Crippen LogP contribution is -2.36. The van der Waals surface area contributed by atoms with E-state index in [4.69, 9.17) is 19.4 Å². The summed E-state index contributed by atoms with van der Waals surface area (Å²) in [6.45, 7) is 13.0. The molecule has 2 aliphatic rings. The molecule has 9 N–H and O–H groups in total. The van der Waals surface area contributed by atoms with Gasteiger partial charge in [0.1, 0.15) is 46.0 Å². The number of ether oxygens (including phenoxy) is 2. The second-order valence-corrected chi connectivity index (χ2v) is 16.3. The molecular formula is C48H52N2O10. The lowest BCUT2D eigenvalue weighted by molar-refractivity contribution is -0.134. The van der Waals surface area contributed by atoms with E-state index in [9.17, 15) is 30.6 Å². The molecule has 12 heteroatoms. The van der Waals surface area contributed by atoms with Crippen molar-refractivity contribution in [2.45, 2.75) is 85.5 Å². The Hall–Kier alpha value is -6.37. The molecule has 12 nitrogen and oxygen atoms in total. The molecule has 314 valence electrons. The molecule has 0 aromatic heterocycles. The molecule has 0 spiro atoms. The number of carboxylic acids is 1. The second-order valence-electron chi connectivity index (χ2n) is 16.3. The quantitative estimate of drug-likeness (QED) is 0.0800. The van der Waals surface area contributed by atoms with Gasteiger partial charge in [-0.15, -0.1) is 0 Å². The molecule has 0 unspecified atom stereocenters. The Bertz CT molecular complexity index is 2560. The van der Waals surface area contributed by atoms with Gasteiger partial charge in [0.25, 0.3) is 5.97 Å². The summed E-state index contributed by atoms with van der Waals surface area (Å²) in [4.78, 5) is 9.00. The van der Waals surface area contributed by atoms with Gasteiger partial charge in [-0.3, -0.25) is 4.79 Å². The maximum absolute atomic E-state index is 12.5. The fourth-order valence-electron chi connectivity index (χ4n) is 9.60. The third kappa shape index (κ3) is 6.99. The normalized spacial score (nSPS) is 18.4. The highest BCUT2D eigenvalue weighted by Gasteiger charge is 2.33. The van der Waals surface area contributed by atoms with Gasteiger partial charge >= 0.3 is 0 Å². The lowest BCUT2D eigenvalue weighted by Gasteiger charge is -2.32. The zero-order valence-electron chi connectivity index (χ0n) is 35.2. The van der Waals surface area contributed by atoms with Crippen LogP contribution >= 0.6 is 0 Å². The number of benzene rings is 6. The largest absolute Gasteiger partial charge is 0.507 e. The summed E-state index contributed by atoms with van der Waals surface area (Å²) in [5.74, 6) is -0.646. The van der Waals surface area contributed by atoms with E-state index >= 15 is 0 Å². The Morgan fingerprint density at radius 1 is 0.567 bits per heavy atom. The number of phenolic OH excluding ortho intramolecular Hbond substituents is 6. The number of hydrogen-bond donors (Lipinski definition) is 9. The van der Waals surface area contributed by atoms with Crippen LogP contribution in [-0.2, 0) is 17.6 Å². The second kappa shape index (κ2) is 15.7. The van der Waals surface area contributed by atoms with Gasteiger partial charge in [-0.05, 0) is 123 Å². The summed E-state index contributed by atoms with van der Waals surface area (Å²) < 4.78 is 11.8. The van der Waals surface area contributed by atoms with Crippen LogP contribution in [-0.4, -0.2) is 68.0 Å². The maximum Gasteiger partial charge on any atom is 0.300 e. The van der Waals surface area contributed by atoms with E-state index in [1.165, 1.54) is 26.4 Å². The predicted molar refractivity (Wildman–Crippen MR) is 233 cm³/mol. The van der Waals surface area contributed by atoms with Crippen LogP contribution in [0.4, 0.5) is 0 Å². The predicted octanol–water partition coefficient (Wildman–Crippen LogP) is 9.14. The molecule has 0 saturated carbocycles. The fraction of sp³-hybridized carbons (Fsp3) is 0.312. The number of carboxylic acid groups (broad SMARTS) is 1. The SMILES string of the molecule is CC(=O)O.COc1cc(C)cc2c(-c3c(O)cc(O)c4c3C[C@H](C)N[C@H]4C)cc(-c3cc(-c4c(O)cc(O)c5c4C[C@H](C)N[C@H]5C)c4cc(C)cc(OC)c4c3O)c(O)c12. The number of aryl methyl sites for hydroxylation is 2. The van der Waals surface area contributed by atoms with Gasteiger partial charge in [0.05, 0.1) is 25.0 Å². The number of aliphatic carboxylic acids is 1. The summed E-state index contributed by atoms with van der Waals surface area (Å²) in [5, 5.41) is 87.1. The van der Waals surface area contributed by atoms with Gasteiger partial charge in [-0.25, -0.2) is 0 Å². The number of rotatable bonds is 5. The molecule has 0 bridgehead atoms. The van der Waals surface area contributed by atoms with E-state index < -0.39 is 5.97 Å². The Balaban J connectivity index is 0.00000130. The first kappa shape index (κ1) is 41.8. The number of methoxy groups -OCH3 is 2. The molecule has 0 fully saturated rings. The van der Waals surface area contributed by atoms with E-state index in [1.54, 1.807) is 12.1 Å². The third-order valence-corrected chi connectivity index (χ3v) is 11.7. The first-order valence-corrected chi connectivity index (χ1v) is 19.9. The van der Waals surface area contributed by atoms with Gasteiger partial charge < -0.3 is 55.9 Å². The zero-order valence-corrected chi connectivity index (χ0v) is 35.2. The van der Waals surface area contributed by atoms with E-state index in [1.807, 2.05) is 52.0 Å². The van der Waals surface area contributed by atoms with Crippen LogP contribution in [0.5, 0.6) is 46.0 Å². The average Bonchev–Trinajstić information content (AvgIpc) is 3.14. The van der Waals surface area contributed by atoms with Gasteiger partial charge in [-0.2, -0.15) is 0 Å². The van der Waals surface area contributed by atoms with Crippen molar-refractivity contribution in [2.24, 2.45) is 0 Å². The van der Waals surface area contributed by atoms with Crippen molar-refractivity contribution in [3.05, 3.63) is 81.9 Å². The number of fused-ring (bicyclic) bond motifs is 4. The van der Waals surface area contributed by atoms with Crippen LogP contribution < -0.4 is 20.1 Å². The summed E-state index contributed by atoms with van der Waals surface area (Å²) in [6.07, 6.45) is 1.02. The number of nitrogens with one attached hydrogen (secondary N) is 2. The van der Waals surface area contributed by atoms with Crippen molar-refractivity contribution in [2.75, 3.05) is 14.2 Å². The number of aromatic hydroxyl groups is 6. The maximum atomic E-state index is 12.5. The standard InChI is InChI=1S/C46H48N2O8.C2H4O2/c1-19-9-25-27(41-31-13-21(3)47-23(5)39(31)33(49)17-35(41)51)15-29(45(53)43(25)37(11-19)55-7)30-16-28(26-10-20(2)12-38(56-8)44(26)46(30)54)42-32-14-22(4)48-24(6)40(32)34(50)18-36(42)52;1-2(3)4/h9-12,15-18,21-24,47-54H,13-14H2,1-8H3;1H3,(H,3,4)/t21-,22-,23-,24-;/m0./s1. The Labute approximate surface area is 348 Å². The highest BCUT2D eigenvalue weighted by Crippen LogP contribution is 2.56. The smallest absolute Gasteiger partial charge is 0.300 e. The summed E-state index contributed by atoms with van der Waals surface area (Å²) in [7, 11) is 3.06. The van der Waals surface area contributed by atoms with E-state index in [0.29, 0.717) is 79.3 Å². The highest BCUT2D eigenvalue weighted by atomic mass is 16.5. The van der Waals surface area contributed by atoms with Crippen molar-refractivity contribution >= 4 is 27.5 Å². The van der Waals surface area contributed by atoms with Crippen LogP contribution in [0.3, 0.4) is 0 Å². The molecule has 4 atom stereocenters. The van der Waals surface area contributed by atoms with Gasteiger partial charge in [0.15, 0.2) is 0 Å². The molecule has 2 heterocycles. The Morgan fingerprint density at radius 3 is 1.25 bits per heavy atom. The molecule has 2 aliphatic heterocycles. The summed E-state index contributed by atoms with van der Waals surface area (Å²) in [6, 6.07) is 13.4. The van der Waals surface area contributed by atoms with E-state index in [0.717, 1.165) is 29.2 Å².